The van der Waals surface area contributed by atoms with Gasteiger partial charge in [0.25, 0.3) is 5.91 Å². The Kier molecular flexibility index (Phi) is 6.84. The van der Waals surface area contributed by atoms with Crippen LogP contribution in [0.5, 0.6) is 5.75 Å². The minimum absolute atomic E-state index is 0.0615. The van der Waals surface area contributed by atoms with E-state index in [4.69, 9.17) is 4.74 Å². The first-order valence-corrected chi connectivity index (χ1v) is 12.7. The molecule has 2 heterocycles. The van der Waals surface area contributed by atoms with Crippen LogP contribution in [0, 0.1) is 0 Å². The largest absolute Gasteiger partial charge is 0.496 e. The van der Waals surface area contributed by atoms with Gasteiger partial charge in [-0.2, -0.15) is 0 Å². The van der Waals surface area contributed by atoms with E-state index >= 15 is 0 Å². The quantitative estimate of drug-likeness (QED) is 0.462. The van der Waals surface area contributed by atoms with Crippen LogP contribution in [0.15, 0.2) is 66.7 Å². The zero-order chi connectivity index (χ0) is 26.0. The highest BCUT2D eigenvalue weighted by Crippen LogP contribution is 2.32. The number of hydrogen-bond donors (Lipinski definition) is 2. The molecule has 2 saturated heterocycles. The zero-order valence-electron chi connectivity index (χ0n) is 21.2. The number of likely N-dealkylation sites (tertiary alicyclic amines) is 1. The molecule has 2 fully saturated rings. The van der Waals surface area contributed by atoms with Gasteiger partial charge < -0.3 is 15.4 Å². The number of hydrogen-bond acceptors (Lipinski definition) is 5. The number of para-hydroxylation sites is 1. The number of carbonyl (C=O) groups is 3. The van der Waals surface area contributed by atoms with Crippen LogP contribution in [-0.4, -0.2) is 60.9 Å². The fraction of sp³-hybridized carbons (Fsp3) is 0.345. The molecule has 37 heavy (non-hydrogen) atoms. The molecule has 0 radical (unpaired) electrons. The molecule has 0 saturated carbocycles. The van der Waals surface area contributed by atoms with Gasteiger partial charge in [-0.05, 0) is 61.3 Å². The summed E-state index contributed by atoms with van der Waals surface area (Å²) in [4.78, 5) is 42.5. The lowest BCUT2D eigenvalue weighted by atomic mass is 9.90. The first-order valence-electron chi connectivity index (χ1n) is 12.7. The monoisotopic (exact) mass is 500 g/mol. The maximum Gasteiger partial charge on any atom is 0.325 e. The van der Waals surface area contributed by atoms with Crippen molar-refractivity contribution in [1.29, 1.82) is 0 Å². The number of carbonyl (C=O) groups excluding carboxylic acids is 3. The zero-order valence-corrected chi connectivity index (χ0v) is 21.2. The second-order valence-electron chi connectivity index (χ2n) is 9.81. The van der Waals surface area contributed by atoms with Crippen LogP contribution in [-0.2, 0) is 15.1 Å². The molecule has 4 amide bonds. The highest BCUT2D eigenvalue weighted by Gasteiger charge is 2.49. The Hall–Kier alpha value is -3.91. The molecule has 0 aromatic heterocycles. The van der Waals surface area contributed by atoms with Gasteiger partial charge in [0.1, 0.15) is 17.8 Å². The van der Waals surface area contributed by atoms with E-state index in [2.05, 4.69) is 15.5 Å². The molecule has 2 atom stereocenters. The normalized spacial score (nSPS) is 20.8. The van der Waals surface area contributed by atoms with Crippen LogP contribution in [0.1, 0.15) is 36.9 Å². The number of nitrogens with zero attached hydrogens (tertiary/aromatic N) is 2. The van der Waals surface area contributed by atoms with Gasteiger partial charge in [-0.1, -0.05) is 54.6 Å². The van der Waals surface area contributed by atoms with Gasteiger partial charge in [0.05, 0.1) is 13.2 Å². The predicted octanol–water partition coefficient (Wildman–Crippen LogP) is 3.57. The van der Waals surface area contributed by atoms with Crippen molar-refractivity contribution >= 4 is 28.6 Å². The third-order valence-electron chi connectivity index (χ3n) is 7.48. The van der Waals surface area contributed by atoms with Crippen LogP contribution >= 0.6 is 0 Å². The Morgan fingerprint density at radius 1 is 1.03 bits per heavy atom. The molecule has 0 bridgehead atoms. The van der Waals surface area contributed by atoms with Crippen molar-refractivity contribution in [2.24, 2.45) is 0 Å². The van der Waals surface area contributed by atoms with Gasteiger partial charge in [0.15, 0.2) is 0 Å². The minimum Gasteiger partial charge on any atom is -0.496 e. The van der Waals surface area contributed by atoms with E-state index in [-0.39, 0.29) is 18.5 Å². The molecular formula is C29H32N4O4. The van der Waals surface area contributed by atoms with Gasteiger partial charge >= 0.3 is 6.03 Å². The SMILES string of the molecule is COc1ccccc1[C@@H](CNC(=O)CN1C(=O)N[C@@](C)(c2ccc3ccccc3c2)C1=O)N1CCCC1. The minimum atomic E-state index is -1.24. The molecule has 192 valence electrons. The van der Waals surface area contributed by atoms with Crippen LogP contribution in [0.4, 0.5) is 4.79 Å². The van der Waals surface area contributed by atoms with E-state index in [1.54, 1.807) is 14.0 Å². The molecular weight excluding hydrogens is 468 g/mol. The second kappa shape index (κ2) is 10.2. The van der Waals surface area contributed by atoms with Crippen molar-refractivity contribution in [2.75, 3.05) is 33.3 Å². The Balaban J connectivity index is 1.29. The van der Waals surface area contributed by atoms with Crippen molar-refractivity contribution < 1.29 is 19.1 Å². The molecule has 3 aromatic rings. The third-order valence-corrected chi connectivity index (χ3v) is 7.48. The first kappa shape index (κ1) is 24.8. The summed E-state index contributed by atoms with van der Waals surface area (Å²) in [6, 6.07) is 20.7. The molecule has 3 aromatic carbocycles. The molecule has 0 unspecified atom stereocenters. The van der Waals surface area contributed by atoms with E-state index in [9.17, 15) is 14.4 Å². The number of nitrogens with one attached hydrogen (secondary N) is 2. The van der Waals surface area contributed by atoms with Gasteiger partial charge in [-0.15, -0.1) is 0 Å². The van der Waals surface area contributed by atoms with Crippen LogP contribution < -0.4 is 15.4 Å². The van der Waals surface area contributed by atoms with Gasteiger partial charge in [0.2, 0.25) is 5.91 Å². The average Bonchev–Trinajstić information content (AvgIpc) is 3.52. The number of imide groups is 1. The van der Waals surface area contributed by atoms with E-state index in [0.717, 1.165) is 52.9 Å². The number of methoxy groups -OCH3 is 1. The standard InChI is InChI=1S/C29H32N4O4/c1-29(22-14-13-20-9-3-4-10-21(20)17-22)27(35)33(28(36)31-29)19-26(34)30-18-24(32-15-7-8-16-32)23-11-5-6-12-25(23)37-2/h3-6,9-14,17,24H,7-8,15-16,18-19H2,1-2H3,(H,30,34)(H,31,36)/t24-,29+/m1/s1. The predicted molar refractivity (Wildman–Crippen MR) is 141 cm³/mol. The summed E-state index contributed by atoms with van der Waals surface area (Å²) in [6.07, 6.45) is 2.21. The van der Waals surface area contributed by atoms with Crippen molar-refractivity contribution in [3.63, 3.8) is 0 Å². The molecule has 5 rings (SSSR count). The van der Waals surface area contributed by atoms with E-state index in [1.807, 2.05) is 66.7 Å². The van der Waals surface area contributed by atoms with Gasteiger partial charge in [0, 0.05) is 12.1 Å². The maximum absolute atomic E-state index is 13.4. The van der Waals surface area contributed by atoms with Crippen molar-refractivity contribution in [1.82, 2.24) is 20.4 Å². The van der Waals surface area contributed by atoms with Gasteiger partial charge in [-0.3, -0.25) is 19.4 Å². The summed E-state index contributed by atoms with van der Waals surface area (Å²) >= 11 is 0. The lowest BCUT2D eigenvalue weighted by Crippen LogP contribution is -2.45. The fourth-order valence-electron chi connectivity index (χ4n) is 5.38. The number of benzene rings is 3. The maximum atomic E-state index is 13.4. The second-order valence-corrected chi connectivity index (χ2v) is 9.81. The summed E-state index contributed by atoms with van der Waals surface area (Å²) in [6.45, 7) is 3.57. The van der Waals surface area contributed by atoms with Crippen LogP contribution in [0.2, 0.25) is 0 Å². The molecule has 2 aliphatic rings. The molecule has 0 aliphatic carbocycles. The molecule has 0 spiro atoms. The molecule has 2 N–H and O–H groups in total. The average molecular weight is 501 g/mol. The lowest BCUT2D eigenvalue weighted by Gasteiger charge is -2.29. The summed E-state index contributed by atoms with van der Waals surface area (Å²) in [5.41, 5.74) is 0.445. The smallest absolute Gasteiger partial charge is 0.325 e. The third kappa shape index (κ3) is 4.76. The van der Waals surface area contributed by atoms with Crippen molar-refractivity contribution in [2.45, 2.75) is 31.3 Å². The number of rotatable bonds is 8. The summed E-state index contributed by atoms with van der Waals surface area (Å²) in [7, 11) is 1.64. The number of urea groups is 1. The summed E-state index contributed by atoms with van der Waals surface area (Å²) < 4.78 is 5.57. The molecule has 8 nitrogen and oxygen atoms in total. The molecule has 2 aliphatic heterocycles. The Labute approximate surface area is 216 Å². The van der Waals surface area contributed by atoms with Crippen molar-refractivity contribution in [3.8, 4) is 5.75 Å². The summed E-state index contributed by atoms with van der Waals surface area (Å²) in [5, 5.41) is 7.78. The molecule has 8 heteroatoms. The first-order chi connectivity index (χ1) is 17.9. The van der Waals surface area contributed by atoms with E-state index < -0.39 is 17.5 Å². The summed E-state index contributed by atoms with van der Waals surface area (Å²) in [5.74, 6) is -0.0528. The lowest BCUT2D eigenvalue weighted by molar-refractivity contribution is -0.134. The topological polar surface area (TPSA) is 91.0 Å². The Morgan fingerprint density at radius 3 is 2.49 bits per heavy atom. The van der Waals surface area contributed by atoms with Gasteiger partial charge in [-0.25, -0.2) is 4.79 Å². The van der Waals surface area contributed by atoms with Crippen LogP contribution in [0.3, 0.4) is 0 Å². The number of fused-ring (bicyclic) bond motifs is 1. The van der Waals surface area contributed by atoms with E-state index in [1.165, 1.54) is 0 Å². The number of ether oxygens (including phenoxy) is 1. The van der Waals surface area contributed by atoms with E-state index in [0.29, 0.717) is 12.1 Å². The number of amides is 4. The highest BCUT2D eigenvalue weighted by atomic mass is 16.5. The van der Waals surface area contributed by atoms with Crippen LogP contribution in [0.25, 0.3) is 10.8 Å². The van der Waals surface area contributed by atoms with Crippen molar-refractivity contribution in [3.05, 3.63) is 77.9 Å². The highest BCUT2D eigenvalue weighted by molar-refractivity contribution is 6.09. The Morgan fingerprint density at radius 2 is 1.73 bits per heavy atom. The Bertz CT molecular complexity index is 1340. The fourth-order valence-corrected chi connectivity index (χ4v) is 5.38.